The van der Waals surface area contributed by atoms with Crippen molar-refractivity contribution in [2.24, 2.45) is 5.92 Å². The Kier molecular flexibility index (Phi) is 3.25. The molecule has 0 spiro atoms. The third kappa shape index (κ3) is 2.18. The van der Waals surface area contributed by atoms with Crippen LogP contribution in [0.4, 0.5) is 0 Å². The molecular formula is C9H14O3S. The minimum atomic E-state index is -0.346. The highest BCUT2D eigenvalue weighted by atomic mass is 32.1. The Labute approximate surface area is 83.5 Å². The number of hydrogen-bond acceptors (Lipinski definition) is 4. The third-order valence-electron chi connectivity index (χ3n) is 2.01. The van der Waals surface area contributed by atoms with Crippen LogP contribution in [-0.2, 0) is 14.3 Å². The topological polar surface area (TPSA) is 35.5 Å². The van der Waals surface area contributed by atoms with Gasteiger partial charge in [-0.2, -0.15) is 12.6 Å². The summed E-state index contributed by atoms with van der Waals surface area (Å²) in [5.41, 5.74) is 0. The largest absolute Gasteiger partial charge is 0.497 e. The van der Waals surface area contributed by atoms with E-state index in [0.717, 1.165) is 0 Å². The molecule has 0 aromatic heterocycles. The van der Waals surface area contributed by atoms with Crippen LogP contribution < -0.4 is 0 Å². The van der Waals surface area contributed by atoms with Crippen LogP contribution in [0.5, 0.6) is 0 Å². The van der Waals surface area contributed by atoms with E-state index >= 15 is 0 Å². The van der Waals surface area contributed by atoms with E-state index in [4.69, 9.17) is 9.47 Å². The molecule has 0 bridgehead atoms. The van der Waals surface area contributed by atoms with Gasteiger partial charge in [0, 0.05) is 5.25 Å². The molecule has 74 valence electrons. The number of cyclic esters (lactones) is 1. The van der Waals surface area contributed by atoms with Crippen molar-refractivity contribution in [2.45, 2.75) is 25.2 Å². The second-order valence-electron chi connectivity index (χ2n) is 3.34. The highest BCUT2D eigenvalue weighted by Crippen LogP contribution is 2.26. The van der Waals surface area contributed by atoms with Crippen molar-refractivity contribution in [1.29, 1.82) is 0 Å². The first-order chi connectivity index (χ1) is 6.06. The van der Waals surface area contributed by atoms with Gasteiger partial charge >= 0.3 is 5.97 Å². The van der Waals surface area contributed by atoms with E-state index in [1.807, 2.05) is 13.8 Å². The molecule has 0 radical (unpaired) electrons. The van der Waals surface area contributed by atoms with Gasteiger partial charge in [0.2, 0.25) is 0 Å². The van der Waals surface area contributed by atoms with E-state index in [1.165, 1.54) is 13.2 Å². The zero-order valence-corrected chi connectivity index (χ0v) is 8.88. The van der Waals surface area contributed by atoms with Gasteiger partial charge in [-0.05, 0) is 5.92 Å². The van der Waals surface area contributed by atoms with E-state index in [-0.39, 0.29) is 17.3 Å². The molecule has 13 heavy (non-hydrogen) atoms. The molecule has 2 atom stereocenters. The lowest BCUT2D eigenvalue weighted by atomic mass is 10.0. The van der Waals surface area contributed by atoms with Gasteiger partial charge in [0.15, 0.2) is 6.10 Å². The lowest BCUT2D eigenvalue weighted by Crippen LogP contribution is -2.29. The number of rotatable bonds is 3. The molecule has 1 rings (SSSR count). The van der Waals surface area contributed by atoms with Gasteiger partial charge < -0.3 is 9.47 Å². The van der Waals surface area contributed by atoms with Crippen LogP contribution in [0.15, 0.2) is 11.8 Å². The number of carbonyl (C=O) groups is 1. The maximum absolute atomic E-state index is 10.9. The summed E-state index contributed by atoms with van der Waals surface area (Å²) < 4.78 is 10.1. The van der Waals surface area contributed by atoms with E-state index in [2.05, 4.69) is 12.6 Å². The Morgan fingerprint density at radius 1 is 1.62 bits per heavy atom. The molecule has 1 heterocycles. The Bertz CT molecular complexity index is 235. The van der Waals surface area contributed by atoms with Gasteiger partial charge in [-0.1, -0.05) is 13.8 Å². The van der Waals surface area contributed by atoms with Crippen molar-refractivity contribution in [3.05, 3.63) is 11.8 Å². The minimum absolute atomic E-state index is 0.0161. The molecule has 0 N–H and O–H groups in total. The standard InChI is InChI=1S/C9H14O3S/c1-5(2)9(13)8-6(11-3)4-7(10)12-8/h4-5,8-9,13H,1-3H3. The van der Waals surface area contributed by atoms with Crippen LogP contribution in [0.1, 0.15) is 13.8 Å². The molecule has 2 unspecified atom stereocenters. The molecule has 0 saturated carbocycles. The predicted molar refractivity (Wildman–Crippen MR) is 52.6 cm³/mol. The SMILES string of the molecule is COC1=CC(=O)OC1C(S)C(C)C. The smallest absolute Gasteiger partial charge is 0.335 e. The fourth-order valence-electron chi connectivity index (χ4n) is 1.18. The molecule has 0 saturated heterocycles. The molecule has 0 aromatic rings. The maximum atomic E-state index is 10.9. The number of methoxy groups -OCH3 is 1. The fourth-order valence-corrected chi connectivity index (χ4v) is 1.39. The first-order valence-corrected chi connectivity index (χ1v) is 4.72. The quantitative estimate of drug-likeness (QED) is 0.555. The van der Waals surface area contributed by atoms with Gasteiger partial charge in [0.05, 0.1) is 13.2 Å². The number of esters is 1. The summed E-state index contributed by atoms with van der Waals surface area (Å²) >= 11 is 4.38. The van der Waals surface area contributed by atoms with Crippen molar-refractivity contribution >= 4 is 18.6 Å². The summed E-state index contributed by atoms with van der Waals surface area (Å²) in [6.45, 7) is 4.05. The molecule has 4 heteroatoms. The minimum Gasteiger partial charge on any atom is -0.497 e. The number of thiol groups is 1. The van der Waals surface area contributed by atoms with Gasteiger partial charge in [0.25, 0.3) is 0 Å². The summed E-state index contributed by atoms with van der Waals surface area (Å²) in [5, 5.41) is -0.0161. The molecule has 0 amide bonds. The van der Waals surface area contributed by atoms with E-state index in [1.54, 1.807) is 0 Å². The average molecular weight is 202 g/mol. The van der Waals surface area contributed by atoms with E-state index < -0.39 is 0 Å². The van der Waals surface area contributed by atoms with Crippen LogP contribution in [-0.4, -0.2) is 24.4 Å². The molecule has 1 aliphatic heterocycles. The fraction of sp³-hybridized carbons (Fsp3) is 0.667. The van der Waals surface area contributed by atoms with Crippen LogP contribution >= 0.6 is 12.6 Å². The average Bonchev–Trinajstić information content (AvgIpc) is 2.45. The molecule has 0 aliphatic carbocycles. The number of ether oxygens (including phenoxy) is 2. The molecule has 3 nitrogen and oxygen atoms in total. The highest BCUT2D eigenvalue weighted by molar-refractivity contribution is 7.81. The zero-order chi connectivity index (χ0) is 10.0. The molecular weight excluding hydrogens is 188 g/mol. The molecule has 1 aliphatic rings. The number of hydrogen-bond donors (Lipinski definition) is 1. The van der Waals surface area contributed by atoms with Gasteiger partial charge in [-0.3, -0.25) is 0 Å². The van der Waals surface area contributed by atoms with Crippen LogP contribution in [0, 0.1) is 5.92 Å². The highest BCUT2D eigenvalue weighted by Gasteiger charge is 2.34. The summed E-state index contributed by atoms with van der Waals surface area (Å²) in [4.78, 5) is 10.9. The van der Waals surface area contributed by atoms with Crippen molar-refractivity contribution in [1.82, 2.24) is 0 Å². The van der Waals surface area contributed by atoms with Crippen LogP contribution in [0.2, 0.25) is 0 Å². The Morgan fingerprint density at radius 3 is 2.69 bits per heavy atom. The Hall–Kier alpha value is -0.640. The number of carbonyl (C=O) groups excluding carboxylic acids is 1. The van der Waals surface area contributed by atoms with E-state index in [9.17, 15) is 4.79 Å². The first kappa shape index (κ1) is 10.4. The first-order valence-electron chi connectivity index (χ1n) is 4.20. The van der Waals surface area contributed by atoms with Gasteiger partial charge in [0.1, 0.15) is 5.76 Å². The second kappa shape index (κ2) is 4.05. The van der Waals surface area contributed by atoms with Crippen LogP contribution in [0.25, 0.3) is 0 Å². The van der Waals surface area contributed by atoms with E-state index in [0.29, 0.717) is 11.7 Å². The van der Waals surface area contributed by atoms with Crippen LogP contribution in [0.3, 0.4) is 0 Å². The lowest BCUT2D eigenvalue weighted by molar-refractivity contribution is -0.139. The van der Waals surface area contributed by atoms with Crippen molar-refractivity contribution in [3.63, 3.8) is 0 Å². The molecule has 0 fully saturated rings. The summed E-state index contributed by atoms with van der Waals surface area (Å²) in [5.74, 6) is 0.554. The third-order valence-corrected chi connectivity index (χ3v) is 2.88. The van der Waals surface area contributed by atoms with Crippen molar-refractivity contribution in [3.8, 4) is 0 Å². The second-order valence-corrected chi connectivity index (χ2v) is 3.94. The maximum Gasteiger partial charge on any atom is 0.335 e. The summed E-state index contributed by atoms with van der Waals surface area (Å²) in [7, 11) is 1.53. The summed E-state index contributed by atoms with van der Waals surface area (Å²) in [6.07, 6.45) is 1.04. The van der Waals surface area contributed by atoms with Gasteiger partial charge in [-0.15, -0.1) is 0 Å². The Balaban J connectivity index is 2.72. The Morgan fingerprint density at radius 2 is 2.23 bits per heavy atom. The monoisotopic (exact) mass is 202 g/mol. The molecule has 0 aromatic carbocycles. The van der Waals surface area contributed by atoms with Crippen molar-refractivity contribution < 1.29 is 14.3 Å². The van der Waals surface area contributed by atoms with Gasteiger partial charge in [-0.25, -0.2) is 4.79 Å². The summed E-state index contributed by atoms with van der Waals surface area (Å²) in [6, 6.07) is 0. The lowest BCUT2D eigenvalue weighted by Gasteiger charge is -2.22. The zero-order valence-electron chi connectivity index (χ0n) is 7.98. The van der Waals surface area contributed by atoms with Crippen molar-refractivity contribution in [2.75, 3.05) is 7.11 Å². The predicted octanol–water partition coefficient (Wildman–Crippen LogP) is 1.40. The normalized spacial score (nSPS) is 24.2.